The minimum absolute atomic E-state index is 0.185. The molecule has 2 aromatic carbocycles. The summed E-state index contributed by atoms with van der Waals surface area (Å²) in [6, 6.07) is 14.5. The van der Waals surface area contributed by atoms with E-state index in [1.54, 1.807) is 0 Å². The Bertz CT molecular complexity index is 1080. The van der Waals surface area contributed by atoms with Crippen LogP contribution in [0.2, 0.25) is 0 Å². The lowest BCUT2D eigenvalue weighted by atomic mass is 10.1. The van der Waals surface area contributed by atoms with E-state index >= 15 is 0 Å². The Morgan fingerprint density at radius 1 is 1.13 bits per heavy atom. The van der Waals surface area contributed by atoms with Crippen molar-refractivity contribution in [2.45, 2.75) is 32.4 Å². The molecule has 0 radical (unpaired) electrons. The van der Waals surface area contributed by atoms with Crippen molar-refractivity contribution in [3.8, 4) is 0 Å². The minimum Gasteiger partial charge on any atom is -0.356 e. The summed E-state index contributed by atoms with van der Waals surface area (Å²) in [5, 5.41) is 3.80. The molecule has 1 unspecified atom stereocenters. The quantitative estimate of drug-likeness (QED) is 0.571. The van der Waals surface area contributed by atoms with Crippen LogP contribution in [-0.2, 0) is 17.4 Å². The molecule has 0 saturated carbocycles. The Morgan fingerprint density at radius 3 is 2.58 bits per heavy atom. The zero-order valence-corrected chi connectivity index (χ0v) is 17.2. The molecular formula is C24H24F3N3O. The van der Waals surface area contributed by atoms with E-state index in [0.29, 0.717) is 23.6 Å². The number of carbonyl (C=O) groups is 1. The monoisotopic (exact) mass is 427 g/mol. The van der Waals surface area contributed by atoms with Crippen molar-refractivity contribution in [2.75, 3.05) is 23.3 Å². The summed E-state index contributed by atoms with van der Waals surface area (Å²) in [6.45, 7) is 4.28. The van der Waals surface area contributed by atoms with Gasteiger partial charge in [0.25, 0.3) is 0 Å². The van der Waals surface area contributed by atoms with Crippen molar-refractivity contribution >= 4 is 28.3 Å². The van der Waals surface area contributed by atoms with E-state index in [1.165, 1.54) is 18.6 Å². The van der Waals surface area contributed by atoms with E-state index in [2.05, 4.69) is 17.1 Å². The number of hydrogen-bond acceptors (Lipinski definition) is 3. The first-order chi connectivity index (χ1) is 14.8. The van der Waals surface area contributed by atoms with Crippen LogP contribution in [0.4, 0.5) is 24.7 Å². The second-order valence-corrected chi connectivity index (χ2v) is 8.16. The molecule has 1 aromatic heterocycles. The summed E-state index contributed by atoms with van der Waals surface area (Å²) in [5.41, 5.74) is 1.55. The van der Waals surface area contributed by atoms with Crippen molar-refractivity contribution in [3.63, 3.8) is 0 Å². The molecule has 31 heavy (non-hydrogen) atoms. The predicted molar refractivity (Wildman–Crippen MR) is 116 cm³/mol. The molecule has 0 bridgehead atoms. The molecule has 1 aliphatic heterocycles. The fraction of sp³-hybridized carbons (Fsp3) is 0.333. The van der Waals surface area contributed by atoms with Crippen LogP contribution in [0.3, 0.4) is 0 Å². The molecule has 2 heterocycles. The maximum absolute atomic E-state index is 12.6. The van der Waals surface area contributed by atoms with Gasteiger partial charge >= 0.3 is 6.18 Å². The summed E-state index contributed by atoms with van der Waals surface area (Å²) < 4.78 is 37.9. The maximum atomic E-state index is 12.6. The number of nitrogens with zero attached hydrogens (tertiary/aromatic N) is 2. The predicted octanol–water partition coefficient (Wildman–Crippen LogP) is 5.67. The first-order valence-corrected chi connectivity index (χ1v) is 10.4. The highest BCUT2D eigenvalue weighted by Gasteiger charge is 2.29. The number of rotatable bonds is 5. The van der Waals surface area contributed by atoms with Crippen LogP contribution in [0, 0.1) is 5.92 Å². The van der Waals surface area contributed by atoms with Crippen LogP contribution in [0.5, 0.6) is 0 Å². The van der Waals surface area contributed by atoms with Gasteiger partial charge in [0.05, 0.1) is 11.1 Å². The number of halogens is 3. The summed E-state index contributed by atoms with van der Waals surface area (Å²) in [6.07, 6.45) is -2.61. The second kappa shape index (κ2) is 8.57. The van der Waals surface area contributed by atoms with Crippen LogP contribution >= 0.6 is 0 Å². The van der Waals surface area contributed by atoms with Crippen LogP contribution in [0.1, 0.15) is 30.9 Å². The van der Waals surface area contributed by atoms with Crippen molar-refractivity contribution in [3.05, 3.63) is 65.7 Å². The Balaban J connectivity index is 1.36. The lowest BCUT2D eigenvalue weighted by molar-refractivity contribution is -0.137. The zero-order valence-electron chi connectivity index (χ0n) is 17.2. The van der Waals surface area contributed by atoms with Crippen molar-refractivity contribution in [2.24, 2.45) is 5.92 Å². The van der Waals surface area contributed by atoms with Gasteiger partial charge in [0.15, 0.2) is 0 Å². The number of benzene rings is 2. The lowest BCUT2D eigenvalue weighted by Crippen LogP contribution is -2.20. The summed E-state index contributed by atoms with van der Waals surface area (Å²) in [7, 11) is 0. The van der Waals surface area contributed by atoms with Crippen LogP contribution in [-0.4, -0.2) is 24.0 Å². The number of nitrogens with one attached hydrogen (secondary N) is 1. The topological polar surface area (TPSA) is 45.2 Å². The van der Waals surface area contributed by atoms with Gasteiger partial charge < -0.3 is 10.2 Å². The SMILES string of the molecule is CC1CCN(c2ccc3cc(NC(=O)CCc4ccc(C(F)(F)F)cc4)ccc3n2)C1. The van der Waals surface area contributed by atoms with Gasteiger partial charge in [-0.05, 0) is 66.8 Å². The molecule has 4 rings (SSSR count). The molecule has 0 spiro atoms. The molecule has 162 valence electrons. The molecule has 1 N–H and O–H groups in total. The van der Waals surface area contributed by atoms with Crippen molar-refractivity contribution in [1.82, 2.24) is 4.98 Å². The van der Waals surface area contributed by atoms with Gasteiger partial charge in [0.2, 0.25) is 5.91 Å². The van der Waals surface area contributed by atoms with Gasteiger partial charge in [-0.1, -0.05) is 19.1 Å². The Kier molecular flexibility index (Phi) is 5.85. The first kappa shape index (κ1) is 21.2. The zero-order chi connectivity index (χ0) is 22.0. The van der Waals surface area contributed by atoms with Crippen LogP contribution < -0.4 is 10.2 Å². The average Bonchev–Trinajstić information content (AvgIpc) is 3.18. The molecule has 7 heteroatoms. The molecular weight excluding hydrogens is 403 g/mol. The highest BCUT2D eigenvalue weighted by molar-refractivity contribution is 5.94. The van der Waals surface area contributed by atoms with Crippen LogP contribution in [0.15, 0.2) is 54.6 Å². The number of amides is 1. The molecule has 1 fully saturated rings. The largest absolute Gasteiger partial charge is 0.416 e. The first-order valence-electron chi connectivity index (χ1n) is 10.4. The number of anilines is 2. The number of aryl methyl sites for hydroxylation is 1. The third-order valence-corrected chi connectivity index (χ3v) is 5.63. The third kappa shape index (κ3) is 5.16. The van der Waals surface area contributed by atoms with E-state index < -0.39 is 11.7 Å². The summed E-state index contributed by atoms with van der Waals surface area (Å²) >= 11 is 0. The Morgan fingerprint density at radius 2 is 1.90 bits per heavy atom. The third-order valence-electron chi connectivity index (χ3n) is 5.63. The number of pyridine rings is 1. The fourth-order valence-electron chi connectivity index (χ4n) is 3.85. The standard InChI is InChI=1S/C24H24F3N3O/c1-16-12-13-30(15-16)22-10-5-18-14-20(8-9-21(18)29-22)28-23(31)11-4-17-2-6-19(7-3-17)24(25,26)27/h2-3,5-10,14,16H,4,11-13,15H2,1H3,(H,28,31). The van der Waals surface area contributed by atoms with Gasteiger partial charge in [-0.15, -0.1) is 0 Å². The van der Waals surface area contributed by atoms with Crippen molar-refractivity contribution < 1.29 is 18.0 Å². The number of alkyl halides is 3. The summed E-state index contributed by atoms with van der Waals surface area (Å²) in [5.74, 6) is 1.47. The van der Waals surface area contributed by atoms with Gasteiger partial charge in [-0.3, -0.25) is 4.79 Å². The van der Waals surface area contributed by atoms with Gasteiger partial charge in [0.1, 0.15) is 5.82 Å². The van der Waals surface area contributed by atoms with E-state index in [9.17, 15) is 18.0 Å². The van der Waals surface area contributed by atoms with Gasteiger partial charge in [0, 0.05) is 30.6 Å². The Hall–Kier alpha value is -3.09. The minimum atomic E-state index is -4.35. The number of fused-ring (bicyclic) bond motifs is 1. The molecule has 3 aromatic rings. The second-order valence-electron chi connectivity index (χ2n) is 8.16. The van der Waals surface area contributed by atoms with E-state index in [-0.39, 0.29) is 12.3 Å². The molecule has 4 nitrogen and oxygen atoms in total. The van der Waals surface area contributed by atoms with Gasteiger partial charge in [-0.25, -0.2) is 4.98 Å². The van der Waals surface area contributed by atoms with E-state index in [0.717, 1.165) is 41.9 Å². The molecule has 1 amide bonds. The van der Waals surface area contributed by atoms with Crippen molar-refractivity contribution in [1.29, 1.82) is 0 Å². The molecule has 1 atom stereocenters. The lowest BCUT2D eigenvalue weighted by Gasteiger charge is -2.17. The smallest absolute Gasteiger partial charge is 0.356 e. The van der Waals surface area contributed by atoms with E-state index in [4.69, 9.17) is 4.98 Å². The highest BCUT2D eigenvalue weighted by Crippen LogP contribution is 2.29. The van der Waals surface area contributed by atoms with Gasteiger partial charge in [-0.2, -0.15) is 13.2 Å². The summed E-state index contributed by atoms with van der Waals surface area (Å²) in [4.78, 5) is 19.3. The molecule has 1 aliphatic rings. The maximum Gasteiger partial charge on any atom is 0.416 e. The highest BCUT2D eigenvalue weighted by atomic mass is 19.4. The van der Waals surface area contributed by atoms with E-state index in [1.807, 2.05) is 30.3 Å². The van der Waals surface area contributed by atoms with Crippen LogP contribution in [0.25, 0.3) is 10.9 Å². The number of aromatic nitrogens is 1. The fourth-order valence-corrected chi connectivity index (χ4v) is 3.85. The number of carbonyl (C=O) groups excluding carboxylic acids is 1. The normalized spacial score (nSPS) is 16.6. The molecule has 1 saturated heterocycles. The number of hydrogen-bond donors (Lipinski definition) is 1. The Labute approximate surface area is 179 Å². The average molecular weight is 427 g/mol. The molecule has 0 aliphatic carbocycles.